The smallest absolute Gasteiger partial charge is 0.382 e. The molecule has 1 aliphatic rings. The number of hydrogen-bond donors (Lipinski definition) is 1. The third-order valence-electron chi connectivity index (χ3n) is 3.46. The van der Waals surface area contributed by atoms with Crippen molar-refractivity contribution in [1.82, 2.24) is 0 Å². The van der Waals surface area contributed by atoms with Gasteiger partial charge in [-0.25, -0.2) is 4.39 Å². The van der Waals surface area contributed by atoms with E-state index in [1.165, 1.54) is 12.1 Å². The highest BCUT2D eigenvalue weighted by Crippen LogP contribution is 2.39. The molecule has 19 heavy (non-hydrogen) atoms. The fraction of sp³-hybridized carbons (Fsp3) is 0.538. The van der Waals surface area contributed by atoms with Gasteiger partial charge in [0.25, 0.3) is 0 Å². The van der Waals surface area contributed by atoms with Crippen LogP contribution in [0, 0.1) is 11.7 Å². The second-order valence-corrected chi connectivity index (χ2v) is 5.22. The minimum absolute atomic E-state index is 0.0932. The number of hydrogen-bond acceptors (Lipinski definition) is 1. The van der Waals surface area contributed by atoms with Crippen LogP contribution in [0.25, 0.3) is 0 Å². The third kappa shape index (κ3) is 3.53. The van der Waals surface area contributed by atoms with E-state index in [2.05, 4.69) is 5.32 Å². The highest BCUT2D eigenvalue weighted by Gasteiger charge is 2.45. The lowest BCUT2D eigenvalue weighted by atomic mass is 9.84. The van der Waals surface area contributed by atoms with E-state index >= 15 is 0 Å². The largest absolute Gasteiger partial charge is 0.393 e. The first-order chi connectivity index (χ1) is 8.88. The van der Waals surface area contributed by atoms with Gasteiger partial charge in [-0.3, -0.25) is 0 Å². The molecule has 0 aromatic heterocycles. The Bertz CT molecular complexity index is 447. The fourth-order valence-corrected chi connectivity index (χ4v) is 2.68. The number of rotatable bonds is 2. The zero-order valence-corrected chi connectivity index (χ0v) is 10.9. The van der Waals surface area contributed by atoms with E-state index in [1.807, 2.05) is 0 Å². The quantitative estimate of drug-likeness (QED) is 0.756. The summed E-state index contributed by atoms with van der Waals surface area (Å²) in [6.45, 7) is 0. The Morgan fingerprint density at radius 1 is 1.16 bits per heavy atom. The highest BCUT2D eigenvalue weighted by atomic mass is 35.5. The van der Waals surface area contributed by atoms with Gasteiger partial charge in [-0.05, 0) is 31.0 Å². The molecule has 0 heterocycles. The molecule has 6 heteroatoms. The lowest BCUT2D eigenvalue weighted by Gasteiger charge is -2.34. The topological polar surface area (TPSA) is 12.0 Å². The minimum atomic E-state index is -4.21. The van der Waals surface area contributed by atoms with Crippen LogP contribution in [0.4, 0.5) is 23.2 Å². The van der Waals surface area contributed by atoms with Crippen LogP contribution in [-0.2, 0) is 0 Å². The van der Waals surface area contributed by atoms with Crippen LogP contribution in [0.1, 0.15) is 25.7 Å². The number of alkyl halides is 3. The minimum Gasteiger partial charge on any atom is -0.382 e. The van der Waals surface area contributed by atoms with Gasteiger partial charge in [-0.15, -0.1) is 0 Å². The molecule has 0 aliphatic heterocycles. The van der Waals surface area contributed by atoms with Crippen molar-refractivity contribution in [2.75, 3.05) is 5.32 Å². The molecule has 1 aromatic carbocycles. The lowest BCUT2D eigenvalue weighted by Crippen LogP contribution is -2.41. The van der Waals surface area contributed by atoms with Gasteiger partial charge in [0.2, 0.25) is 0 Å². The maximum Gasteiger partial charge on any atom is 0.393 e. The molecule has 1 aliphatic carbocycles. The number of benzene rings is 1. The van der Waals surface area contributed by atoms with Crippen molar-refractivity contribution in [3.63, 3.8) is 0 Å². The molecule has 1 saturated carbocycles. The summed E-state index contributed by atoms with van der Waals surface area (Å²) in [7, 11) is 0. The van der Waals surface area contributed by atoms with Crippen molar-refractivity contribution in [2.24, 2.45) is 5.92 Å². The van der Waals surface area contributed by atoms with Gasteiger partial charge in [-0.1, -0.05) is 24.4 Å². The number of halogens is 5. The Morgan fingerprint density at radius 2 is 1.84 bits per heavy atom. The third-order valence-corrected chi connectivity index (χ3v) is 3.75. The molecule has 1 N–H and O–H groups in total. The summed E-state index contributed by atoms with van der Waals surface area (Å²) in [4.78, 5) is 0. The van der Waals surface area contributed by atoms with Gasteiger partial charge in [0, 0.05) is 11.7 Å². The van der Waals surface area contributed by atoms with Crippen LogP contribution in [0.2, 0.25) is 5.02 Å². The Morgan fingerprint density at radius 3 is 2.47 bits per heavy atom. The van der Waals surface area contributed by atoms with E-state index in [1.54, 1.807) is 0 Å². The zero-order chi connectivity index (χ0) is 14.0. The summed E-state index contributed by atoms with van der Waals surface area (Å²) in [6, 6.07) is 3.20. The van der Waals surface area contributed by atoms with Crippen LogP contribution in [-0.4, -0.2) is 12.2 Å². The monoisotopic (exact) mass is 295 g/mol. The van der Waals surface area contributed by atoms with Gasteiger partial charge in [0.1, 0.15) is 5.82 Å². The highest BCUT2D eigenvalue weighted by molar-refractivity contribution is 6.31. The molecule has 1 fully saturated rings. The predicted octanol–water partition coefficient (Wildman–Crippen LogP) is 5.01. The normalized spacial score (nSPS) is 24.3. The zero-order valence-electron chi connectivity index (χ0n) is 10.1. The molecular weight excluding hydrogens is 282 g/mol. The Labute approximate surface area is 113 Å². The average molecular weight is 296 g/mol. The molecule has 2 unspecified atom stereocenters. The van der Waals surface area contributed by atoms with E-state index in [4.69, 9.17) is 11.6 Å². The first-order valence-electron chi connectivity index (χ1n) is 6.16. The second-order valence-electron chi connectivity index (χ2n) is 4.81. The van der Waals surface area contributed by atoms with Crippen molar-refractivity contribution in [1.29, 1.82) is 0 Å². The van der Waals surface area contributed by atoms with E-state index < -0.39 is 24.0 Å². The Balaban J connectivity index is 2.13. The van der Waals surface area contributed by atoms with Crippen molar-refractivity contribution in [3.8, 4) is 0 Å². The van der Waals surface area contributed by atoms with Crippen molar-refractivity contribution in [3.05, 3.63) is 29.0 Å². The SMILES string of the molecule is Fc1ccc(NC2CCCCC2C(F)(F)F)cc1Cl. The van der Waals surface area contributed by atoms with Crippen LogP contribution in [0.3, 0.4) is 0 Å². The summed E-state index contributed by atoms with van der Waals surface area (Å²) in [5, 5.41) is 2.74. The summed E-state index contributed by atoms with van der Waals surface area (Å²) in [6.07, 6.45) is -2.26. The molecule has 0 amide bonds. The maximum absolute atomic E-state index is 13.0. The summed E-state index contributed by atoms with van der Waals surface area (Å²) >= 11 is 5.62. The van der Waals surface area contributed by atoms with Crippen LogP contribution < -0.4 is 5.32 Å². The van der Waals surface area contributed by atoms with Crippen molar-refractivity contribution in [2.45, 2.75) is 37.9 Å². The van der Waals surface area contributed by atoms with E-state index in [9.17, 15) is 17.6 Å². The van der Waals surface area contributed by atoms with Gasteiger partial charge in [-0.2, -0.15) is 13.2 Å². The number of anilines is 1. The van der Waals surface area contributed by atoms with Gasteiger partial charge < -0.3 is 5.32 Å². The Kier molecular flexibility index (Phi) is 4.23. The van der Waals surface area contributed by atoms with Crippen molar-refractivity contribution >= 4 is 17.3 Å². The number of nitrogens with one attached hydrogen (secondary N) is 1. The Hall–Kier alpha value is -0.970. The fourth-order valence-electron chi connectivity index (χ4n) is 2.50. The van der Waals surface area contributed by atoms with Crippen LogP contribution >= 0.6 is 11.6 Å². The molecule has 0 radical (unpaired) electrons. The predicted molar refractivity (Wildman–Crippen MR) is 66.8 cm³/mol. The van der Waals surface area contributed by atoms with Gasteiger partial charge in [0.05, 0.1) is 10.9 Å². The van der Waals surface area contributed by atoms with E-state index in [-0.39, 0.29) is 11.4 Å². The first kappa shape index (κ1) is 14.4. The molecule has 0 spiro atoms. The summed E-state index contributed by atoms with van der Waals surface area (Å²) in [5.41, 5.74) is 0.424. The molecule has 2 rings (SSSR count). The van der Waals surface area contributed by atoms with Gasteiger partial charge >= 0.3 is 6.18 Å². The lowest BCUT2D eigenvalue weighted by molar-refractivity contribution is -0.184. The van der Waals surface area contributed by atoms with Gasteiger partial charge in [0.15, 0.2) is 0 Å². The summed E-state index contributed by atoms with van der Waals surface area (Å²) in [5.74, 6) is -1.94. The summed E-state index contributed by atoms with van der Waals surface area (Å²) < 4.78 is 51.7. The van der Waals surface area contributed by atoms with E-state index in [0.717, 1.165) is 12.5 Å². The molecule has 106 valence electrons. The van der Waals surface area contributed by atoms with E-state index in [0.29, 0.717) is 18.5 Å². The molecule has 1 aromatic rings. The van der Waals surface area contributed by atoms with Crippen LogP contribution in [0.15, 0.2) is 18.2 Å². The van der Waals surface area contributed by atoms with Crippen molar-refractivity contribution < 1.29 is 17.6 Å². The standard InChI is InChI=1S/C13H14ClF4N/c14-10-7-8(5-6-11(10)15)19-12-4-2-1-3-9(12)13(16,17)18/h5-7,9,12,19H,1-4H2. The second kappa shape index (κ2) is 5.57. The average Bonchev–Trinajstić information content (AvgIpc) is 2.33. The molecule has 0 bridgehead atoms. The molecule has 0 saturated heterocycles. The first-order valence-corrected chi connectivity index (χ1v) is 6.54. The van der Waals surface area contributed by atoms with Crippen LogP contribution in [0.5, 0.6) is 0 Å². The molecule has 1 nitrogen and oxygen atoms in total. The maximum atomic E-state index is 13.0. The molecular formula is C13H14ClF4N. The molecule has 2 atom stereocenters.